The monoisotopic (exact) mass is 323 g/mol. The van der Waals surface area contributed by atoms with Gasteiger partial charge in [0.05, 0.1) is 5.71 Å². The molecule has 0 heterocycles. The average molecular weight is 323 g/mol. The molecule has 5 heteroatoms. The van der Waals surface area contributed by atoms with Gasteiger partial charge in [-0.25, -0.2) is 4.79 Å². The maximum Gasteiger partial charge on any atom is 0.433 e. The van der Waals surface area contributed by atoms with Crippen molar-refractivity contribution in [2.75, 3.05) is 27.2 Å². The fourth-order valence-electron chi connectivity index (χ4n) is 2.67. The number of hydrogen-bond acceptors (Lipinski definition) is 4. The number of carbonyl (C=O) groups excluding carboxylic acids is 1. The van der Waals surface area contributed by atoms with E-state index in [4.69, 9.17) is 4.84 Å². The van der Waals surface area contributed by atoms with Crippen molar-refractivity contribution in [1.29, 1.82) is 0 Å². The van der Waals surface area contributed by atoms with Crippen LogP contribution in [-0.2, 0) is 4.84 Å². The lowest BCUT2D eigenvalue weighted by Crippen LogP contribution is -2.32. The lowest BCUT2D eigenvalue weighted by molar-refractivity contribution is 0.150. The zero-order valence-electron chi connectivity index (χ0n) is 14.0. The molecule has 2 aromatic carbocycles. The number of hydrogen-bond donors (Lipinski definition) is 1. The van der Waals surface area contributed by atoms with Gasteiger partial charge in [0.2, 0.25) is 0 Å². The fourth-order valence-corrected chi connectivity index (χ4v) is 2.67. The van der Waals surface area contributed by atoms with Gasteiger partial charge in [0, 0.05) is 19.5 Å². The van der Waals surface area contributed by atoms with Crippen LogP contribution in [0, 0.1) is 0 Å². The van der Waals surface area contributed by atoms with Gasteiger partial charge in [-0.05, 0) is 41.4 Å². The maximum atomic E-state index is 11.6. The summed E-state index contributed by atoms with van der Waals surface area (Å²) in [7, 11) is 3.89. The molecule has 0 aliphatic heterocycles. The minimum Gasteiger partial charge on any atom is -0.318 e. The second-order valence-electron chi connectivity index (χ2n) is 6.03. The largest absolute Gasteiger partial charge is 0.433 e. The van der Waals surface area contributed by atoms with Gasteiger partial charge in [-0.2, -0.15) is 0 Å². The van der Waals surface area contributed by atoms with Crippen LogP contribution in [0.5, 0.6) is 0 Å². The molecular formula is C19H21N3O2. The predicted octanol–water partition coefficient (Wildman–Crippen LogP) is 1.45. The van der Waals surface area contributed by atoms with Crippen LogP contribution in [0.15, 0.2) is 41.6 Å². The van der Waals surface area contributed by atoms with Crippen LogP contribution in [-0.4, -0.2) is 43.9 Å². The van der Waals surface area contributed by atoms with Gasteiger partial charge >= 0.3 is 6.09 Å². The van der Waals surface area contributed by atoms with Gasteiger partial charge in [0.15, 0.2) is 0 Å². The van der Waals surface area contributed by atoms with Crippen molar-refractivity contribution in [3.05, 3.63) is 46.8 Å². The topological polar surface area (TPSA) is 53.9 Å². The van der Waals surface area contributed by atoms with Crippen molar-refractivity contribution >= 4 is 34.7 Å². The van der Waals surface area contributed by atoms with E-state index in [2.05, 4.69) is 40.8 Å². The molecule has 124 valence electrons. The summed E-state index contributed by atoms with van der Waals surface area (Å²) in [4.78, 5) is 18.6. The number of nitrogens with zero attached hydrogens (tertiary/aromatic N) is 2. The number of benzene rings is 2. The third-order valence-electron chi connectivity index (χ3n) is 3.92. The molecule has 0 fully saturated rings. The lowest BCUT2D eigenvalue weighted by Gasteiger charge is -2.09. The summed E-state index contributed by atoms with van der Waals surface area (Å²) in [5.41, 5.74) is 0.738. The molecule has 0 unspecified atom stereocenters. The van der Waals surface area contributed by atoms with Crippen molar-refractivity contribution in [2.24, 2.45) is 5.16 Å². The summed E-state index contributed by atoms with van der Waals surface area (Å²) in [6.45, 7) is 1.28. The van der Waals surface area contributed by atoms with E-state index in [1.807, 2.05) is 37.2 Å². The number of fused-ring (bicyclic) bond motifs is 3. The van der Waals surface area contributed by atoms with Crippen LogP contribution >= 0.6 is 0 Å². The second kappa shape index (κ2) is 7.27. The molecule has 1 aliphatic carbocycles. The first kappa shape index (κ1) is 16.2. The van der Waals surface area contributed by atoms with E-state index < -0.39 is 6.09 Å². The van der Waals surface area contributed by atoms with Gasteiger partial charge in [-0.15, -0.1) is 0 Å². The molecule has 0 spiro atoms. The van der Waals surface area contributed by atoms with Crippen LogP contribution in [0.3, 0.4) is 0 Å². The van der Waals surface area contributed by atoms with Gasteiger partial charge in [0.25, 0.3) is 0 Å². The van der Waals surface area contributed by atoms with Crippen LogP contribution < -0.4 is 15.8 Å². The minimum absolute atomic E-state index is 0.526. The quantitative estimate of drug-likeness (QED) is 0.684. The Kier molecular flexibility index (Phi) is 4.91. The molecule has 1 N–H and O–H groups in total. The van der Waals surface area contributed by atoms with Crippen molar-refractivity contribution in [3.63, 3.8) is 0 Å². The number of nitrogens with one attached hydrogen (secondary N) is 1. The van der Waals surface area contributed by atoms with Crippen molar-refractivity contribution < 1.29 is 9.63 Å². The van der Waals surface area contributed by atoms with Crippen LogP contribution in [0.4, 0.5) is 4.79 Å². The highest BCUT2D eigenvalue weighted by Crippen LogP contribution is 2.08. The van der Waals surface area contributed by atoms with E-state index in [1.165, 1.54) is 16.0 Å². The highest BCUT2D eigenvalue weighted by molar-refractivity contribution is 6.14. The molecule has 0 aromatic heterocycles. The van der Waals surface area contributed by atoms with Gasteiger partial charge in [0.1, 0.15) is 0 Å². The Morgan fingerprint density at radius 3 is 2.92 bits per heavy atom. The smallest absolute Gasteiger partial charge is 0.318 e. The molecule has 24 heavy (non-hydrogen) atoms. The normalized spacial score (nSPS) is 14.9. The molecular weight excluding hydrogens is 302 g/mol. The number of oxime groups is 1. The van der Waals surface area contributed by atoms with Crippen LogP contribution in [0.1, 0.15) is 6.42 Å². The summed E-state index contributed by atoms with van der Waals surface area (Å²) in [6, 6.07) is 12.5. The molecule has 0 atom stereocenters. The van der Waals surface area contributed by atoms with E-state index in [9.17, 15) is 4.79 Å². The molecule has 0 saturated heterocycles. The standard InChI is InChI=1S/C19H21N3O2/c1-22(2)12-11-20-19(23)24-21-16-10-9-15-8-7-14-5-3-4-6-17(14)18(15)13-16/h3-9,13H,10-12H2,1-2H3,(H,20,23). The molecule has 0 bridgehead atoms. The first-order valence-corrected chi connectivity index (χ1v) is 7.99. The molecule has 3 rings (SSSR count). The molecule has 0 radical (unpaired) electrons. The molecule has 1 aliphatic rings. The van der Waals surface area contributed by atoms with Crippen LogP contribution in [0.25, 0.3) is 22.9 Å². The Labute approximate surface area is 140 Å². The highest BCUT2D eigenvalue weighted by atomic mass is 16.7. The zero-order chi connectivity index (χ0) is 16.9. The van der Waals surface area contributed by atoms with Crippen LogP contribution in [0.2, 0.25) is 0 Å². The number of carbonyl (C=O) groups is 1. The highest BCUT2D eigenvalue weighted by Gasteiger charge is 2.06. The Hall–Kier alpha value is -2.66. The average Bonchev–Trinajstić information content (AvgIpc) is 2.59. The van der Waals surface area contributed by atoms with Crippen molar-refractivity contribution in [3.8, 4) is 0 Å². The first-order chi connectivity index (χ1) is 11.6. The summed E-state index contributed by atoms with van der Waals surface area (Å²) in [5.74, 6) is 0. The van der Waals surface area contributed by atoms with E-state index in [1.54, 1.807) is 0 Å². The predicted molar refractivity (Wildman–Crippen MR) is 97.2 cm³/mol. The minimum atomic E-state index is -0.526. The van der Waals surface area contributed by atoms with Crippen molar-refractivity contribution in [1.82, 2.24) is 10.2 Å². The van der Waals surface area contributed by atoms with Gasteiger partial charge in [-0.1, -0.05) is 47.6 Å². The van der Waals surface area contributed by atoms with E-state index in [0.29, 0.717) is 13.0 Å². The Balaban J connectivity index is 1.77. The molecule has 2 aromatic rings. The number of amides is 1. The first-order valence-electron chi connectivity index (χ1n) is 7.99. The zero-order valence-corrected chi connectivity index (χ0v) is 14.0. The van der Waals surface area contributed by atoms with E-state index >= 15 is 0 Å². The summed E-state index contributed by atoms with van der Waals surface area (Å²) < 4.78 is 0. The van der Waals surface area contributed by atoms with Gasteiger partial charge < -0.3 is 10.2 Å². The summed E-state index contributed by atoms with van der Waals surface area (Å²) >= 11 is 0. The van der Waals surface area contributed by atoms with Gasteiger partial charge in [-0.3, -0.25) is 4.84 Å². The second-order valence-corrected chi connectivity index (χ2v) is 6.03. The Morgan fingerprint density at radius 2 is 2.08 bits per heavy atom. The summed E-state index contributed by atoms with van der Waals surface area (Å²) in [6.07, 6.45) is 4.22. The fraction of sp³-hybridized carbons (Fsp3) is 0.263. The SMILES string of the molecule is CN(C)CCNC(=O)ON=C1C=c2c(ccc3ccccc23)=CC1. The lowest BCUT2D eigenvalue weighted by atomic mass is 10.0. The van der Waals surface area contributed by atoms with E-state index in [0.717, 1.165) is 17.5 Å². The molecule has 5 nitrogen and oxygen atoms in total. The number of rotatable bonds is 4. The Morgan fingerprint density at radius 1 is 1.25 bits per heavy atom. The third kappa shape index (κ3) is 3.81. The molecule has 1 amide bonds. The van der Waals surface area contributed by atoms with Crippen molar-refractivity contribution in [2.45, 2.75) is 6.42 Å². The molecule has 0 saturated carbocycles. The van der Waals surface area contributed by atoms with E-state index in [-0.39, 0.29) is 0 Å². The Bertz CT molecular complexity index is 900. The maximum absolute atomic E-state index is 11.6. The number of likely N-dealkylation sites (N-methyl/N-ethyl adjacent to an activating group) is 1. The third-order valence-corrected chi connectivity index (χ3v) is 3.92. The summed E-state index contributed by atoms with van der Waals surface area (Å²) in [5, 5.41) is 11.3.